The Hall–Kier alpha value is -2.76. The molecule has 0 saturated carbocycles. The molecule has 6 heteroatoms. The number of rotatable bonds is 4. The fourth-order valence-electron chi connectivity index (χ4n) is 1.48. The number of pyridine rings is 1. The third kappa shape index (κ3) is 2.92. The summed E-state index contributed by atoms with van der Waals surface area (Å²) in [6.45, 7) is 0. The van der Waals surface area contributed by atoms with Gasteiger partial charge in [-0.1, -0.05) is 0 Å². The van der Waals surface area contributed by atoms with E-state index in [1.165, 1.54) is 12.3 Å². The van der Waals surface area contributed by atoms with Crippen molar-refractivity contribution < 1.29 is 14.3 Å². The van der Waals surface area contributed by atoms with Crippen LogP contribution >= 0.6 is 0 Å². The first kappa shape index (κ1) is 12.7. The number of ether oxygens (including phenoxy) is 2. The zero-order valence-corrected chi connectivity index (χ0v) is 10.3. The average molecular weight is 259 g/mol. The molecule has 1 aromatic heterocycles. The van der Waals surface area contributed by atoms with Crippen LogP contribution in [0.5, 0.6) is 17.4 Å². The standard InChI is InChI=1S/C13H13N3O3/c1-18-8-2-4-9(5-3-8)19-12-6-10(13(15)17)11(14)7-16-12/h2-7H,14H2,1H3,(H2,15,17). The van der Waals surface area contributed by atoms with Crippen LogP contribution < -0.4 is 20.9 Å². The Kier molecular flexibility index (Phi) is 3.51. The number of amides is 1. The van der Waals surface area contributed by atoms with Crippen molar-refractivity contribution in [1.82, 2.24) is 4.98 Å². The largest absolute Gasteiger partial charge is 0.497 e. The van der Waals surface area contributed by atoms with Crippen molar-refractivity contribution in [2.24, 2.45) is 5.73 Å². The smallest absolute Gasteiger partial charge is 0.251 e. The number of carbonyl (C=O) groups excluding carboxylic acids is 1. The molecular weight excluding hydrogens is 246 g/mol. The molecule has 0 fully saturated rings. The van der Waals surface area contributed by atoms with Gasteiger partial charge >= 0.3 is 0 Å². The lowest BCUT2D eigenvalue weighted by atomic mass is 10.2. The summed E-state index contributed by atoms with van der Waals surface area (Å²) in [5.41, 5.74) is 11.2. The number of anilines is 1. The Bertz CT molecular complexity index is 597. The third-order valence-corrected chi connectivity index (χ3v) is 2.46. The summed E-state index contributed by atoms with van der Waals surface area (Å²) in [4.78, 5) is 15.1. The summed E-state index contributed by atoms with van der Waals surface area (Å²) in [5.74, 6) is 0.900. The average Bonchev–Trinajstić information content (AvgIpc) is 2.41. The highest BCUT2D eigenvalue weighted by Crippen LogP contribution is 2.24. The van der Waals surface area contributed by atoms with Crippen molar-refractivity contribution in [3.05, 3.63) is 42.1 Å². The number of hydrogen-bond acceptors (Lipinski definition) is 5. The van der Waals surface area contributed by atoms with E-state index in [0.29, 0.717) is 5.75 Å². The maximum absolute atomic E-state index is 11.2. The van der Waals surface area contributed by atoms with Crippen molar-refractivity contribution in [3.8, 4) is 17.4 Å². The minimum absolute atomic E-state index is 0.179. The molecule has 0 spiro atoms. The monoisotopic (exact) mass is 259 g/mol. The van der Waals surface area contributed by atoms with Crippen LogP contribution in [0.4, 0.5) is 5.69 Å². The van der Waals surface area contributed by atoms with E-state index >= 15 is 0 Å². The van der Waals surface area contributed by atoms with Gasteiger partial charge in [-0.3, -0.25) is 4.79 Å². The van der Waals surface area contributed by atoms with Gasteiger partial charge in [0.1, 0.15) is 11.5 Å². The number of carbonyl (C=O) groups is 1. The Balaban J connectivity index is 2.22. The lowest BCUT2D eigenvalue weighted by Crippen LogP contribution is -2.13. The molecule has 2 rings (SSSR count). The molecule has 19 heavy (non-hydrogen) atoms. The van der Waals surface area contributed by atoms with Crippen LogP contribution in [0, 0.1) is 0 Å². The summed E-state index contributed by atoms with van der Waals surface area (Å²) in [5, 5.41) is 0. The van der Waals surface area contributed by atoms with Gasteiger partial charge < -0.3 is 20.9 Å². The Morgan fingerprint density at radius 3 is 2.42 bits per heavy atom. The molecule has 0 atom stereocenters. The van der Waals surface area contributed by atoms with Crippen molar-refractivity contribution in [2.45, 2.75) is 0 Å². The van der Waals surface area contributed by atoms with Gasteiger partial charge in [0.15, 0.2) is 0 Å². The van der Waals surface area contributed by atoms with Crippen molar-refractivity contribution >= 4 is 11.6 Å². The second-order valence-electron chi connectivity index (χ2n) is 3.75. The number of hydrogen-bond donors (Lipinski definition) is 2. The van der Waals surface area contributed by atoms with Gasteiger partial charge in [0.25, 0.3) is 5.91 Å². The Morgan fingerprint density at radius 2 is 1.84 bits per heavy atom. The number of methoxy groups -OCH3 is 1. The molecule has 98 valence electrons. The highest BCUT2D eigenvalue weighted by atomic mass is 16.5. The van der Waals surface area contributed by atoms with Gasteiger partial charge in [0.2, 0.25) is 5.88 Å². The van der Waals surface area contributed by atoms with Gasteiger partial charge in [-0.05, 0) is 24.3 Å². The quantitative estimate of drug-likeness (QED) is 0.867. The molecule has 0 aliphatic rings. The first-order chi connectivity index (χ1) is 9.10. The maximum atomic E-state index is 11.2. The van der Waals surface area contributed by atoms with Crippen molar-refractivity contribution in [3.63, 3.8) is 0 Å². The van der Waals surface area contributed by atoms with Crippen molar-refractivity contribution in [2.75, 3.05) is 12.8 Å². The summed E-state index contributed by atoms with van der Waals surface area (Å²) in [6.07, 6.45) is 1.33. The maximum Gasteiger partial charge on any atom is 0.251 e. The van der Waals surface area contributed by atoms with Crippen LogP contribution in [0.1, 0.15) is 10.4 Å². The van der Waals surface area contributed by atoms with E-state index in [4.69, 9.17) is 20.9 Å². The Morgan fingerprint density at radius 1 is 1.21 bits per heavy atom. The lowest BCUT2D eigenvalue weighted by Gasteiger charge is -2.07. The van der Waals surface area contributed by atoms with Gasteiger partial charge in [-0.25, -0.2) is 4.98 Å². The van der Waals surface area contributed by atoms with Crippen LogP contribution in [-0.4, -0.2) is 18.0 Å². The highest BCUT2D eigenvalue weighted by molar-refractivity contribution is 5.98. The fourth-order valence-corrected chi connectivity index (χ4v) is 1.48. The molecule has 0 radical (unpaired) electrons. The molecule has 4 N–H and O–H groups in total. The van der Waals surface area contributed by atoms with Gasteiger partial charge in [0.05, 0.1) is 24.6 Å². The molecule has 1 amide bonds. The number of aromatic nitrogens is 1. The normalized spacial score (nSPS) is 9.95. The lowest BCUT2D eigenvalue weighted by molar-refractivity contribution is 0.100. The first-order valence-corrected chi connectivity index (χ1v) is 5.47. The summed E-state index contributed by atoms with van der Waals surface area (Å²) < 4.78 is 10.5. The van der Waals surface area contributed by atoms with Crippen LogP contribution in [0.3, 0.4) is 0 Å². The molecule has 1 heterocycles. The predicted molar refractivity (Wildman–Crippen MR) is 70.2 cm³/mol. The summed E-state index contributed by atoms with van der Waals surface area (Å²) >= 11 is 0. The molecule has 1 aromatic carbocycles. The second kappa shape index (κ2) is 5.26. The van der Waals surface area contributed by atoms with Crippen LogP contribution in [0.25, 0.3) is 0 Å². The molecule has 2 aromatic rings. The highest BCUT2D eigenvalue weighted by Gasteiger charge is 2.09. The van der Waals surface area contributed by atoms with Crippen LogP contribution in [0.2, 0.25) is 0 Å². The van der Waals surface area contributed by atoms with Gasteiger partial charge in [-0.15, -0.1) is 0 Å². The molecule has 0 aliphatic carbocycles. The number of nitrogen functional groups attached to an aromatic ring is 1. The third-order valence-electron chi connectivity index (χ3n) is 2.46. The molecule has 0 unspecified atom stereocenters. The van der Waals surface area contributed by atoms with Gasteiger partial charge in [0, 0.05) is 6.07 Å². The minimum Gasteiger partial charge on any atom is -0.497 e. The van der Waals surface area contributed by atoms with Gasteiger partial charge in [-0.2, -0.15) is 0 Å². The molecule has 6 nitrogen and oxygen atoms in total. The molecular formula is C13H13N3O3. The Labute approximate surface area is 110 Å². The van der Waals surface area contributed by atoms with E-state index in [9.17, 15) is 4.79 Å². The molecule has 0 bridgehead atoms. The SMILES string of the molecule is COc1ccc(Oc2cc(C(N)=O)c(N)cn2)cc1. The number of nitrogens with two attached hydrogens (primary N) is 2. The predicted octanol–water partition coefficient (Wildman–Crippen LogP) is 1.56. The zero-order chi connectivity index (χ0) is 13.8. The van der Waals surface area contributed by atoms with Crippen LogP contribution in [0.15, 0.2) is 36.5 Å². The number of nitrogens with zero attached hydrogens (tertiary/aromatic N) is 1. The van der Waals surface area contributed by atoms with E-state index in [1.807, 2.05) is 0 Å². The topological polar surface area (TPSA) is 100 Å². The van der Waals surface area contributed by atoms with Crippen LogP contribution in [-0.2, 0) is 0 Å². The number of benzene rings is 1. The molecule has 0 saturated heterocycles. The van der Waals surface area contributed by atoms with E-state index in [-0.39, 0.29) is 17.1 Å². The summed E-state index contributed by atoms with van der Waals surface area (Å²) in [6, 6.07) is 8.35. The van der Waals surface area contributed by atoms with E-state index < -0.39 is 5.91 Å². The summed E-state index contributed by atoms with van der Waals surface area (Å²) in [7, 11) is 1.58. The van der Waals surface area contributed by atoms with Crippen molar-refractivity contribution in [1.29, 1.82) is 0 Å². The second-order valence-corrected chi connectivity index (χ2v) is 3.75. The minimum atomic E-state index is -0.625. The van der Waals surface area contributed by atoms with E-state index in [1.54, 1.807) is 31.4 Å². The van der Waals surface area contributed by atoms with E-state index in [2.05, 4.69) is 4.98 Å². The van der Waals surface area contributed by atoms with E-state index in [0.717, 1.165) is 5.75 Å². The zero-order valence-electron chi connectivity index (χ0n) is 10.3. The first-order valence-electron chi connectivity index (χ1n) is 5.47. The molecule has 0 aliphatic heterocycles. The number of primary amides is 1. The fraction of sp³-hybridized carbons (Fsp3) is 0.0769.